The van der Waals surface area contributed by atoms with Crippen LogP contribution >= 0.6 is 0 Å². The lowest BCUT2D eigenvalue weighted by atomic mass is 9.73. The summed E-state index contributed by atoms with van der Waals surface area (Å²) in [4.78, 5) is 0. The van der Waals surface area contributed by atoms with Crippen molar-refractivity contribution in [1.82, 2.24) is 0 Å². The van der Waals surface area contributed by atoms with Crippen molar-refractivity contribution in [3.63, 3.8) is 0 Å². The van der Waals surface area contributed by atoms with Gasteiger partial charge in [0.2, 0.25) is 0 Å². The van der Waals surface area contributed by atoms with E-state index in [9.17, 15) is 0 Å². The molecule has 2 atom stereocenters. The topological polar surface area (TPSA) is 55.4 Å². The summed E-state index contributed by atoms with van der Waals surface area (Å²) in [7, 11) is 0. The highest BCUT2D eigenvalue weighted by Gasteiger charge is 2.41. The van der Waals surface area contributed by atoms with Gasteiger partial charge in [0.15, 0.2) is 0 Å². The fourth-order valence-electron chi connectivity index (χ4n) is 18.3. The van der Waals surface area contributed by atoms with Gasteiger partial charge in [-0.2, -0.15) is 0 Å². The molecule has 0 saturated carbocycles. The molecule has 0 aliphatic rings. The Morgan fingerprint density at radius 2 is 0.565 bits per heavy atom. The molecule has 0 saturated heterocycles. The Balaban J connectivity index is 1.17. The maximum Gasteiger partial charge on any atom is 0.133 e. The van der Waals surface area contributed by atoms with Gasteiger partial charge in [0.1, 0.15) is 68.1 Å². The second kappa shape index (κ2) is 36.3. The molecule has 0 spiro atoms. The first-order chi connectivity index (χ1) is 54.0. The first-order valence-corrected chi connectivity index (χ1v) is 44.0. The number of ether oxygens (including phenoxy) is 6. The van der Waals surface area contributed by atoms with Crippen molar-refractivity contribution in [3.05, 3.63) is 281 Å². The van der Waals surface area contributed by atoms with E-state index in [0.29, 0.717) is 0 Å². The molecule has 0 aromatic heterocycles. The van der Waals surface area contributed by atoms with E-state index in [2.05, 4.69) is 378 Å². The van der Waals surface area contributed by atoms with Crippen LogP contribution in [-0.2, 0) is 52.3 Å². The Bertz CT molecular complexity index is 4470. The predicted molar refractivity (Wildman–Crippen MR) is 489 cm³/mol. The molecule has 0 aliphatic carbocycles. The first-order valence-electron chi connectivity index (χ1n) is 44.0. The maximum atomic E-state index is 7.88. The van der Waals surface area contributed by atoms with E-state index in [0.717, 1.165) is 157 Å². The summed E-state index contributed by atoms with van der Waals surface area (Å²) < 4.78 is 44.9. The van der Waals surface area contributed by atoms with E-state index in [1.807, 2.05) is 0 Å². The average Bonchev–Trinajstić information content (AvgIpc) is 0.757. The summed E-state index contributed by atoms with van der Waals surface area (Å²) in [5.41, 5.74) is 21.5. The number of hydrogen-bond donors (Lipinski definition) is 0. The van der Waals surface area contributed by atoms with Crippen molar-refractivity contribution in [1.29, 1.82) is 0 Å². The molecule has 9 rings (SSSR count). The van der Waals surface area contributed by atoms with Crippen molar-refractivity contribution in [2.75, 3.05) is 0 Å². The van der Waals surface area contributed by atoms with Crippen molar-refractivity contribution in [3.8, 4) is 34.5 Å². The summed E-state index contributed by atoms with van der Waals surface area (Å²) in [6, 6.07) is 61.2. The standard InChI is InChI=1S/C109H148O6/c1-32-105(31,85-56-76(14)98(77(15)57-85)113-104(29,30)69-82-50-44-41-45-51-82)110-95-63-73(11)88(66-92(95)101(20,21)22)72(10)62-91(89-67-93(102(23,24)25)96(64-74(89)12)111-108(37-6,38-7)86-58-78(16)99(79(17)59-86)114-106(33-2,34-3)70-83-52-46-42-47-53-83)90-68-94(103(26,27)28)97(65-75(90)13)112-109(39-8,40-9)87-60-80(18)100(81(19)61-87)115-107(35-4,36-5)71-84-54-48-43-49-55-84/h41-61,63-68,72,91H,32-40,62,69-71H2,1-31H3. The predicted octanol–water partition coefficient (Wildman–Crippen LogP) is 30.3. The van der Waals surface area contributed by atoms with Crippen molar-refractivity contribution in [2.45, 2.75) is 360 Å². The fourth-order valence-corrected chi connectivity index (χ4v) is 18.3. The highest BCUT2D eigenvalue weighted by atomic mass is 16.5. The zero-order valence-electron chi connectivity index (χ0n) is 77.4. The molecule has 0 fully saturated rings. The third-order valence-corrected chi connectivity index (χ3v) is 26.2. The zero-order valence-corrected chi connectivity index (χ0v) is 77.4. The van der Waals surface area contributed by atoms with Crippen LogP contribution in [-0.4, -0.2) is 16.8 Å². The minimum absolute atomic E-state index is 0.0418. The lowest BCUT2D eigenvalue weighted by Crippen LogP contribution is -2.38. The lowest BCUT2D eigenvalue weighted by molar-refractivity contribution is 0.0522. The molecular weight excluding hydrogens is 1410 g/mol. The van der Waals surface area contributed by atoms with Crippen LogP contribution in [0.2, 0.25) is 0 Å². The van der Waals surface area contributed by atoms with Crippen LogP contribution < -0.4 is 28.4 Å². The van der Waals surface area contributed by atoms with Gasteiger partial charge in [-0.1, -0.05) is 241 Å². The van der Waals surface area contributed by atoms with Gasteiger partial charge in [-0.05, 0) is 341 Å². The number of aryl methyl sites for hydroxylation is 9. The molecule has 0 amide bonds. The van der Waals surface area contributed by atoms with Gasteiger partial charge in [-0.25, -0.2) is 0 Å². The van der Waals surface area contributed by atoms with Crippen LogP contribution in [0, 0.1) is 62.3 Å². The second-order valence-corrected chi connectivity index (χ2v) is 38.5. The van der Waals surface area contributed by atoms with E-state index in [4.69, 9.17) is 28.4 Å². The molecule has 0 aliphatic heterocycles. The molecule has 6 heteroatoms. The smallest absolute Gasteiger partial charge is 0.133 e. The minimum Gasteiger partial charge on any atom is -0.487 e. The van der Waals surface area contributed by atoms with Crippen molar-refractivity contribution >= 4 is 0 Å². The van der Waals surface area contributed by atoms with Crippen LogP contribution in [0.1, 0.15) is 345 Å². The zero-order chi connectivity index (χ0) is 84.8. The van der Waals surface area contributed by atoms with E-state index in [1.165, 1.54) is 77.9 Å². The quantitative estimate of drug-likeness (QED) is 0.0395. The van der Waals surface area contributed by atoms with E-state index in [1.54, 1.807) is 0 Å². The van der Waals surface area contributed by atoms with Gasteiger partial charge in [0.25, 0.3) is 0 Å². The highest BCUT2D eigenvalue weighted by Crippen LogP contribution is 2.52. The summed E-state index contributed by atoms with van der Waals surface area (Å²) in [5.74, 6) is 5.78. The lowest BCUT2D eigenvalue weighted by Gasteiger charge is -2.39. The molecule has 2 unspecified atom stereocenters. The normalized spacial score (nSPS) is 13.6. The Hall–Kier alpha value is -8.22. The highest BCUT2D eigenvalue weighted by molar-refractivity contribution is 5.57. The molecule has 6 nitrogen and oxygen atoms in total. The van der Waals surface area contributed by atoms with E-state index < -0.39 is 22.4 Å². The van der Waals surface area contributed by atoms with Gasteiger partial charge in [-0.15, -0.1) is 0 Å². The molecule has 0 radical (unpaired) electrons. The molecular formula is C109H148O6. The molecule has 115 heavy (non-hydrogen) atoms. The van der Waals surface area contributed by atoms with Crippen LogP contribution in [0.3, 0.4) is 0 Å². The molecule has 9 aromatic carbocycles. The van der Waals surface area contributed by atoms with Crippen molar-refractivity contribution in [2.24, 2.45) is 0 Å². The summed E-state index contributed by atoms with van der Waals surface area (Å²) in [6.07, 6.45) is 10.9. The van der Waals surface area contributed by atoms with Crippen LogP contribution in [0.25, 0.3) is 0 Å². The number of benzene rings is 9. The van der Waals surface area contributed by atoms with Gasteiger partial charge in [0.05, 0.1) is 0 Å². The molecule has 0 N–H and O–H groups in total. The number of hydrogen-bond acceptors (Lipinski definition) is 6. The molecule has 0 heterocycles. The van der Waals surface area contributed by atoms with E-state index in [-0.39, 0.29) is 39.3 Å². The Morgan fingerprint density at radius 3 is 0.870 bits per heavy atom. The third-order valence-electron chi connectivity index (χ3n) is 26.2. The molecule has 9 aromatic rings. The van der Waals surface area contributed by atoms with Gasteiger partial charge in [0, 0.05) is 25.2 Å². The summed E-state index contributed by atoms with van der Waals surface area (Å²) in [5, 5.41) is 0. The van der Waals surface area contributed by atoms with Crippen LogP contribution in [0.4, 0.5) is 0 Å². The van der Waals surface area contributed by atoms with Crippen LogP contribution in [0.15, 0.2) is 164 Å². The average molecular weight is 1550 g/mol. The fraction of sp³-hybridized carbons (Fsp3) is 0.505. The third kappa shape index (κ3) is 20.5. The second-order valence-electron chi connectivity index (χ2n) is 38.5. The first kappa shape index (κ1) is 90.7. The summed E-state index contributed by atoms with van der Waals surface area (Å²) in [6.45, 7) is 71.1. The molecule has 620 valence electrons. The Labute approximate surface area is 699 Å². The van der Waals surface area contributed by atoms with Gasteiger partial charge < -0.3 is 28.4 Å². The Morgan fingerprint density at radius 1 is 0.278 bits per heavy atom. The van der Waals surface area contributed by atoms with Gasteiger partial charge >= 0.3 is 0 Å². The Kier molecular flexibility index (Phi) is 28.7. The number of rotatable bonds is 35. The van der Waals surface area contributed by atoms with Gasteiger partial charge in [-0.3, -0.25) is 0 Å². The molecule has 0 bridgehead atoms. The maximum absolute atomic E-state index is 7.88. The van der Waals surface area contributed by atoms with E-state index >= 15 is 0 Å². The summed E-state index contributed by atoms with van der Waals surface area (Å²) >= 11 is 0. The minimum atomic E-state index is -0.635. The monoisotopic (exact) mass is 1550 g/mol. The van der Waals surface area contributed by atoms with Crippen LogP contribution in [0.5, 0.6) is 34.5 Å². The largest absolute Gasteiger partial charge is 0.487 e. The van der Waals surface area contributed by atoms with Crippen molar-refractivity contribution < 1.29 is 28.4 Å². The SMILES string of the molecule is CCC(CC)(Cc1ccccc1)Oc1c(C)cc(C(CC)(CC)Oc2cc(C)c(C(CC(C)c3cc(C(C)(C)C)c(OC(C)(CC)c4cc(C)c(OC(C)(C)Cc5ccccc5)c(C)c4)cc3C)c3cc(C(C)(C)C)c(OC(CC)(CC)c4cc(C)c(OC(CC)(CC)Cc5ccccc5)c(C)c4)cc3C)cc2C(C)(C)C)cc1C.